The molecule has 0 radical (unpaired) electrons. The van der Waals surface area contributed by atoms with Crippen molar-refractivity contribution in [2.75, 3.05) is 6.54 Å². The normalized spacial score (nSPS) is 12.8. The second-order valence-electron chi connectivity index (χ2n) is 3.58. The van der Waals surface area contributed by atoms with E-state index in [4.69, 9.17) is 10.8 Å². The highest BCUT2D eigenvalue weighted by Crippen LogP contribution is 2.11. The van der Waals surface area contributed by atoms with Crippen LogP contribution in [0.1, 0.15) is 11.3 Å². The Balaban J connectivity index is 2.72. The molecule has 1 atom stereocenters. The van der Waals surface area contributed by atoms with Gasteiger partial charge in [-0.3, -0.25) is 4.79 Å². The molecule has 0 aromatic carbocycles. The lowest BCUT2D eigenvalue weighted by atomic mass is 10.0. The van der Waals surface area contributed by atoms with E-state index in [0.29, 0.717) is 6.42 Å². The van der Waals surface area contributed by atoms with Gasteiger partial charge in [-0.05, 0) is 25.0 Å². The summed E-state index contributed by atoms with van der Waals surface area (Å²) in [7, 11) is 1.94. The number of aryl methyl sites for hydroxylation is 2. The Morgan fingerprint density at radius 2 is 2.36 bits per heavy atom. The third kappa shape index (κ3) is 2.35. The first-order chi connectivity index (χ1) is 6.54. The van der Waals surface area contributed by atoms with Crippen molar-refractivity contribution in [2.45, 2.75) is 13.3 Å². The minimum atomic E-state index is -0.825. The van der Waals surface area contributed by atoms with E-state index in [2.05, 4.69) is 0 Å². The van der Waals surface area contributed by atoms with Crippen molar-refractivity contribution in [1.29, 1.82) is 0 Å². The predicted molar refractivity (Wildman–Crippen MR) is 54.0 cm³/mol. The fourth-order valence-electron chi connectivity index (χ4n) is 1.43. The summed E-state index contributed by atoms with van der Waals surface area (Å²) in [5.41, 5.74) is 7.54. The quantitative estimate of drug-likeness (QED) is 0.738. The molecule has 78 valence electrons. The molecule has 4 nitrogen and oxygen atoms in total. The highest BCUT2D eigenvalue weighted by atomic mass is 16.4. The molecular weight excluding hydrogens is 180 g/mol. The number of carboxylic acids is 1. The van der Waals surface area contributed by atoms with E-state index in [1.165, 1.54) is 0 Å². The van der Waals surface area contributed by atoms with Crippen LogP contribution in [0.15, 0.2) is 12.3 Å². The number of nitrogens with two attached hydrogens (primary N) is 1. The largest absolute Gasteiger partial charge is 0.481 e. The number of carbonyl (C=O) groups is 1. The van der Waals surface area contributed by atoms with Crippen molar-refractivity contribution < 1.29 is 9.90 Å². The van der Waals surface area contributed by atoms with E-state index in [1.807, 2.05) is 30.8 Å². The number of hydrogen-bond acceptors (Lipinski definition) is 2. The van der Waals surface area contributed by atoms with Crippen LogP contribution in [-0.2, 0) is 18.3 Å². The molecule has 3 N–H and O–H groups in total. The molecule has 0 saturated heterocycles. The number of nitrogens with zero attached hydrogens (tertiary/aromatic N) is 1. The molecule has 0 bridgehead atoms. The average molecular weight is 196 g/mol. The third-order valence-electron chi connectivity index (χ3n) is 2.43. The fourth-order valence-corrected chi connectivity index (χ4v) is 1.43. The minimum Gasteiger partial charge on any atom is -0.481 e. The highest BCUT2D eigenvalue weighted by molar-refractivity contribution is 5.70. The molecule has 0 aliphatic carbocycles. The van der Waals surface area contributed by atoms with Gasteiger partial charge in [-0.25, -0.2) is 0 Å². The Kier molecular flexibility index (Phi) is 3.30. The summed E-state index contributed by atoms with van der Waals surface area (Å²) in [6.45, 7) is 2.17. The van der Waals surface area contributed by atoms with Crippen LogP contribution in [-0.4, -0.2) is 22.2 Å². The lowest BCUT2D eigenvalue weighted by molar-refractivity contribution is -0.141. The Bertz CT molecular complexity index is 311. The molecule has 0 fully saturated rings. The van der Waals surface area contributed by atoms with Crippen LogP contribution < -0.4 is 5.73 Å². The molecule has 0 spiro atoms. The maximum Gasteiger partial charge on any atom is 0.308 e. The van der Waals surface area contributed by atoms with Crippen molar-refractivity contribution in [1.82, 2.24) is 4.57 Å². The number of aromatic nitrogens is 1. The molecule has 0 amide bonds. The zero-order valence-electron chi connectivity index (χ0n) is 8.53. The van der Waals surface area contributed by atoms with E-state index in [9.17, 15) is 4.79 Å². The summed E-state index contributed by atoms with van der Waals surface area (Å²) in [5, 5.41) is 8.82. The Hall–Kier alpha value is -1.29. The van der Waals surface area contributed by atoms with Crippen LogP contribution in [0.5, 0.6) is 0 Å². The zero-order chi connectivity index (χ0) is 10.7. The Morgan fingerprint density at radius 3 is 2.71 bits per heavy atom. The van der Waals surface area contributed by atoms with E-state index in [1.54, 1.807) is 0 Å². The summed E-state index contributed by atoms with van der Waals surface area (Å²) in [5.74, 6) is -1.30. The second kappa shape index (κ2) is 4.28. The first-order valence-corrected chi connectivity index (χ1v) is 4.59. The molecule has 1 rings (SSSR count). The number of hydrogen-bond donors (Lipinski definition) is 2. The van der Waals surface area contributed by atoms with E-state index >= 15 is 0 Å². The van der Waals surface area contributed by atoms with Gasteiger partial charge >= 0.3 is 5.97 Å². The van der Waals surface area contributed by atoms with Gasteiger partial charge in [0.2, 0.25) is 0 Å². The van der Waals surface area contributed by atoms with Crippen LogP contribution >= 0.6 is 0 Å². The topological polar surface area (TPSA) is 68.2 Å². The summed E-state index contributed by atoms with van der Waals surface area (Å²) in [4.78, 5) is 10.7. The summed E-state index contributed by atoms with van der Waals surface area (Å²) in [6, 6.07) is 1.99. The molecular formula is C10H16N2O2. The molecule has 1 unspecified atom stereocenters. The summed E-state index contributed by atoms with van der Waals surface area (Å²) in [6.07, 6.45) is 2.45. The van der Waals surface area contributed by atoms with Gasteiger partial charge in [-0.2, -0.15) is 0 Å². The van der Waals surface area contributed by atoms with Crippen molar-refractivity contribution in [2.24, 2.45) is 18.7 Å². The van der Waals surface area contributed by atoms with Crippen molar-refractivity contribution in [3.8, 4) is 0 Å². The first-order valence-electron chi connectivity index (χ1n) is 4.59. The van der Waals surface area contributed by atoms with Crippen LogP contribution in [0.2, 0.25) is 0 Å². The molecule has 0 aliphatic rings. The zero-order valence-corrected chi connectivity index (χ0v) is 8.53. The fraction of sp³-hybridized carbons (Fsp3) is 0.500. The smallest absolute Gasteiger partial charge is 0.308 e. The Labute approximate surface area is 83.3 Å². The van der Waals surface area contributed by atoms with Gasteiger partial charge < -0.3 is 15.4 Å². The third-order valence-corrected chi connectivity index (χ3v) is 2.43. The highest BCUT2D eigenvalue weighted by Gasteiger charge is 2.16. The Morgan fingerprint density at radius 1 is 1.71 bits per heavy atom. The maximum absolute atomic E-state index is 10.7. The van der Waals surface area contributed by atoms with Crippen LogP contribution in [0, 0.1) is 12.8 Å². The molecule has 0 aliphatic heterocycles. The lowest BCUT2D eigenvalue weighted by Crippen LogP contribution is -2.25. The van der Waals surface area contributed by atoms with E-state index in [-0.39, 0.29) is 6.54 Å². The minimum absolute atomic E-state index is 0.184. The van der Waals surface area contributed by atoms with Crippen LogP contribution in [0.25, 0.3) is 0 Å². The first kappa shape index (κ1) is 10.8. The van der Waals surface area contributed by atoms with Gasteiger partial charge in [-0.1, -0.05) is 0 Å². The molecule has 1 aromatic heterocycles. The lowest BCUT2D eigenvalue weighted by Gasteiger charge is -2.07. The van der Waals surface area contributed by atoms with Gasteiger partial charge in [0.1, 0.15) is 0 Å². The van der Waals surface area contributed by atoms with Gasteiger partial charge in [0.05, 0.1) is 5.92 Å². The molecule has 0 saturated carbocycles. The summed E-state index contributed by atoms with van der Waals surface area (Å²) >= 11 is 0. The average Bonchev–Trinajstić information content (AvgIpc) is 2.41. The van der Waals surface area contributed by atoms with Gasteiger partial charge in [0.15, 0.2) is 0 Å². The van der Waals surface area contributed by atoms with Crippen molar-refractivity contribution in [3.63, 3.8) is 0 Å². The molecule has 1 heterocycles. The van der Waals surface area contributed by atoms with Gasteiger partial charge in [0.25, 0.3) is 0 Å². The number of aliphatic carboxylic acids is 1. The van der Waals surface area contributed by atoms with Gasteiger partial charge in [0, 0.05) is 25.5 Å². The van der Waals surface area contributed by atoms with E-state index < -0.39 is 11.9 Å². The number of rotatable bonds is 4. The molecule has 1 aromatic rings. The van der Waals surface area contributed by atoms with Crippen LogP contribution in [0.4, 0.5) is 0 Å². The van der Waals surface area contributed by atoms with Crippen LogP contribution in [0.3, 0.4) is 0 Å². The molecule has 4 heteroatoms. The van der Waals surface area contributed by atoms with Crippen molar-refractivity contribution >= 4 is 5.97 Å². The summed E-state index contributed by atoms with van der Waals surface area (Å²) < 4.78 is 1.98. The van der Waals surface area contributed by atoms with E-state index in [0.717, 1.165) is 11.3 Å². The van der Waals surface area contributed by atoms with Gasteiger partial charge in [-0.15, -0.1) is 0 Å². The monoisotopic (exact) mass is 196 g/mol. The maximum atomic E-state index is 10.7. The predicted octanol–water partition coefficient (Wildman–Crippen LogP) is 0.536. The second-order valence-corrected chi connectivity index (χ2v) is 3.58. The SMILES string of the molecule is Cc1cc(CC(CN)C(=O)O)cn1C. The standard InChI is InChI=1S/C10H16N2O2/c1-7-3-8(6-12(7)2)4-9(5-11)10(13)14/h3,6,9H,4-5,11H2,1-2H3,(H,13,14). The molecule has 14 heavy (non-hydrogen) atoms. The van der Waals surface area contributed by atoms with Crippen molar-refractivity contribution in [3.05, 3.63) is 23.5 Å². The number of carboxylic acid groups (broad SMARTS) is 1.